The Morgan fingerprint density at radius 3 is 2.41 bits per heavy atom. The van der Waals surface area contributed by atoms with Crippen LogP contribution in [0.4, 0.5) is 5.69 Å². The summed E-state index contributed by atoms with van der Waals surface area (Å²) in [6, 6.07) is 15.4. The van der Waals surface area contributed by atoms with Crippen LogP contribution in [0.5, 0.6) is 0 Å². The smallest absolute Gasteiger partial charge is 0.243 e. The van der Waals surface area contributed by atoms with Gasteiger partial charge in [-0.3, -0.25) is 9.59 Å². The molecular formula is C21H24N6O2. The molecule has 0 aliphatic carbocycles. The van der Waals surface area contributed by atoms with E-state index in [4.69, 9.17) is 0 Å². The van der Waals surface area contributed by atoms with Crippen molar-refractivity contribution in [3.63, 3.8) is 0 Å². The number of aromatic nitrogens is 4. The Kier molecular flexibility index (Phi) is 6.67. The number of carbonyl (C=O) groups excluding carboxylic acids is 2. The average Bonchev–Trinajstić information content (AvgIpc) is 3.19. The van der Waals surface area contributed by atoms with Crippen LogP contribution in [0.15, 0.2) is 48.5 Å². The third-order valence-electron chi connectivity index (χ3n) is 4.44. The van der Waals surface area contributed by atoms with Gasteiger partial charge in [-0.05, 0) is 36.6 Å². The van der Waals surface area contributed by atoms with Crippen molar-refractivity contribution >= 4 is 17.5 Å². The molecule has 8 nitrogen and oxygen atoms in total. The molecule has 1 heterocycles. The van der Waals surface area contributed by atoms with Crippen LogP contribution in [0.3, 0.4) is 0 Å². The first kappa shape index (κ1) is 20.2. The molecule has 3 rings (SSSR count). The molecule has 29 heavy (non-hydrogen) atoms. The molecule has 0 saturated heterocycles. The van der Waals surface area contributed by atoms with Gasteiger partial charge in [0.2, 0.25) is 17.6 Å². The summed E-state index contributed by atoms with van der Waals surface area (Å²) in [6.07, 6.45) is 0.827. The maximum absolute atomic E-state index is 12.1. The van der Waals surface area contributed by atoms with Gasteiger partial charge in [0, 0.05) is 17.7 Å². The van der Waals surface area contributed by atoms with E-state index in [2.05, 4.69) is 26.0 Å². The number of tetrazole rings is 1. The van der Waals surface area contributed by atoms with Crippen LogP contribution in [-0.2, 0) is 16.1 Å². The minimum atomic E-state index is -0.249. The van der Waals surface area contributed by atoms with E-state index in [9.17, 15) is 9.59 Å². The molecule has 2 aromatic carbocycles. The van der Waals surface area contributed by atoms with Gasteiger partial charge >= 0.3 is 0 Å². The van der Waals surface area contributed by atoms with E-state index in [1.165, 1.54) is 4.80 Å². The third-order valence-corrected chi connectivity index (χ3v) is 4.44. The highest BCUT2D eigenvalue weighted by molar-refractivity contribution is 5.95. The monoisotopic (exact) mass is 392 g/mol. The molecule has 0 saturated carbocycles. The van der Waals surface area contributed by atoms with Gasteiger partial charge in [0.05, 0.1) is 13.1 Å². The van der Waals surface area contributed by atoms with Gasteiger partial charge in [-0.2, -0.15) is 4.80 Å². The SMILES string of the molecule is Cc1cccc(C)c1NC(=O)CNC(=O)CCCn1nnc(-c2ccccc2)n1. The Morgan fingerprint density at radius 2 is 1.69 bits per heavy atom. The standard InChI is InChI=1S/C21H24N6O2/c1-15-8-6-9-16(2)20(15)23-19(29)14-22-18(28)12-7-13-27-25-21(24-26-27)17-10-4-3-5-11-17/h3-6,8-11H,7,12-14H2,1-2H3,(H,22,28)(H,23,29). The molecule has 0 bridgehead atoms. The Bertz CT molecular complexity index is 964. The number of hydrogen-bond donors (Lipinski definition) is 2. The molecule has 2 amide bonds. The summed E-state index contributed by atoms with van der Waals surface area (Å²) in [5.41, 5.74) is 3.66. The highest BCUT2D eigenvalue weighted by Crippen LogP contribution is 2.19. The lowest BCUT2D eigenvalue weighted by Crippen LogP contribution is -2.33. The van der Waals surface area contributed by atoms with Crippen molar-refractivity contribution in [3.8, 4) is 11.4 Å². The second-order valence-corrected chi connectivity index (χ2v) is 6.77. The first-order valence-corrected chi connectivity index (χ1v) is 9.49. The maximum Gasteiger partial charge on any atom is 0.243 e. The second-order valence-electron chi connectivity index (χ2n) is 6.77. The van der Waals surface area contributed by atoms with Crippen LogP contribution in [0.25, 0.3) is 11.4 Å². The number of nitrogens with zero attached hydrogens (tertiary/aromatic N) is 4. The molecular weight excluding hydrogens is 368 g/mol. The minimum absolute atomic E-state index is 0.0632. The van der Waals surface area contributed by atoms with E-state index < -0.39 is 0 Å². The van der Waals surface area contributed by atoms with Crippen molar-refractivity contribution in [1.29, 1.82) is 0 Å². The predicted molar refractivity (Wildman–Crippen MR) is 110 cm³/mol. The van der Waals surface area contributed by atoms with Crippen LogP contribution in [-0.4, -0.2) is 38.6 Å². The van der Waals surface area contributed by atoms with Gasteiger partial charge in [-0.1, -0.05) is 48.5 Å². The summed E-state index contributed by atoms with van der Waals surface area (Å²) < 4.78 is 0. The van der Waals surface area contributed by atoms with Crippen molar-refractivity contribution < 1.29 is 9.59 Å². The van der Waals surface area contributed by atoms with Crippen molar-refractivity contribution in [2.24, 2.45) is 0 Å². The van der Waals surface area contributed by atoms with Gasteiger partial charge in [-0.15, -0.1) is 10.2 Å². The number of rotatable bonds is 8. The highest BCUT2D eigenvalue weighted by Gasteiger charge is 2.10. The zero-order valence-electron chi connectivity index (χ0n) is 16.6. The maximum atomic E-state index is 12.1. The summed E-state index contributed by atoms with van der Waals surface area (Å²) in [5, 5.41) is 17.8. The zero-order valence-corrected chi connectivity index (χ0v) is 16.6. The fourth-order valence-corrected chi connectivity index (χ4v) is 2.88. The number of nitrogens with one attached hydrogen (secondary N) is 2. The minimum Gasteiger partial charge on any atom is -0.347 e. The van der Waals surface area contributed by atoms with Gasteiger partial charge in [0.25, 0.3) is 0 Å². The Hall–Kier alpha value is -3.55. The van der Waals surface area contributed by atoms with E-state index in [1.807, 2.05) is 62.4 Å². The van der Waals surface area contributed by atoms with Gasteiger partial charge in [-0.25, -0.2) is 0 Å². The average molecular weight is 392 g/mol. The summed E-state index contributed by atoms with van der Waals surface area (Å²) in [4.78, 5) is 25.6. The first-order valence-electron chi connectivity index (χ1n) is 9.49. The second kappa shape index (κ2) is 9.59. The molecule has 2 N–H and O–H groups in total. The molecule has 8 heteroatoms. The Balaban J connectivity index is 1.39. The fraction of sp³-hybridized carbons (Fsp3) is 0.286. The van der Waals surface area contributed by atoms with Crippen molar-refractivity contribution in [2.75, 3.05) is 11.9 Å². The molecule has 0 aliphatic rings. The molecule has 0 spiro atoms. The summed E-state index contributed by atoms with van der Waals surface area (Å²) in [5.74, 6) is 0.115. The van der Waals surface area contributed by atoms with E-state index in [0.29, 0.717) is 18.8 Å². The topological polar surface area (TPSA) is 102 Å². The molecule has 0 fully saturated rings. The highest BCUT2D eigenvalue weighted by atomic mass is 16.2. The molecule has 0 unspecified atom stereocenters. The van der Waals surface area contributed by atoms with Gasteiger partial charge < -0.3 is 10.6 Å². The molecule has 3 aromatic rings. The van der Waals surface area contributed by atoms with E-state index in [-0.39, 0.29) is 24.8 Å². The lowest BCUT2D eigenvalue weighted by Gasteiger charge is -2.11. The number of hydrogen-bond acceptors (Lipinski definition) is 5. The molecule has 0 atom stereocenters. The Morgan fingerprint density at radius 1 is 0.966 bits per heavy atom. The van der Waals surface area contributed by atoms with E-state index in [0.717, 1.165) is 22.4 Å². The van der Waals surface area contributed by atoms with Crippen molar-refractivity contribution in [3.05, 3.63) is 59.7 Å². The first-order chi connectivity index (χ1) is 14.0. The largest absolute Gasteiger partial charge is 0.347 e. The number of carbonyl (C=O) groups is 2. The Labute approximate surface area is 169 Å². The number of anilines is 1. The normalized spacial score (nSPS) is 10.6. The summed E-state index contributed by atoms with van der Waals surface area (Å²) >= 11 is 0. The van der Waals surface area contributed by atoms with Crippen LogP contribution >= 0.6 is 0 Å². The number of para-hydroxylation sites is 1. The van der Waals surface area contributed by atoms with Crippen molar-refractivity contribution in [2.45, 2.75) is 33.2 Å². The third kappa shape index (κ3) is 5.71. The van der Waals surface area contributed by atoms with Crippen molar-refractivity contribution in [1.82, 2.24) is 25.5 Å². The van der Waals surface area contributed by atoms with Gasteiger partial charge in [0.15, 0.2) is 0 Å². The van der Waals surface area contributed by atoms with Crippen LogP contribution in [0, 0.1) is 13.8 Å². The number of amides is 2. The lowest BCUT2D eigenvalue weighted by atomic mass is 10.1. The predicted octanol–water partition coefficient (Wildman–Crippen LogP) is 2.49. The van der Waals surface area contributed by atoms with E-state index >= 15 is 0 Å². The molecule has 0 aliphatic heterocycles. The van der Waals surface area contributed by atoms with E-state index in [1.54, 1.807) is 0 Å². The quantitative estimate of drug-likeness (QED) is 0.613. The number of benzene rings is 2. The zero-order chi connectivity index (χ0) is 20.6. The molecule has 1 aromatic heterocycles. The summed E-state index contributed by atoms with van der Waals surface area (Å²) in [6.45, 7) is 4.28. The lowest BCUT2D eigenvalue weighted by molar-refractivity contribution is -0.124. The van der Waals surface area contributed by atoms with Crippen LogP contribution in [0.2, 0.25) is 0 Å². The molecule has 150 valence electrons. The van der Waals surface area contributed by atoms with Crippen LogP contribution in [0.1, 0.15) is 24.0 Å². The number of aryl methyl sites for hydroxylation is 3. The van der Waals surface area contributed by atoms with Crippen LogP contribution < -0.4 is 10.6 Å². The summed E-state index contributed by atoms with van der Waals surface area (Å²) in [7, 11) is 0. The fourth-order valence-electron chi connectivity index (χ4n) is 2.88. The molecule has 0 radical (unpaired) electrons. The van der Waals surface area contributed by atoms with Gasteiger partial charge in [0.1, 0.15) is 0 Å².